The topological polar surface area (TPSA) is 0 Å². The van der Waals surface area contributed by atoms with Gasteiger partial charge in [-0.3, -0.25) is 0 Å². The fraction of sp³-hybridized carbons (Fsp3) is 0.250. The van der Waals surface area contributed by atoms with Gasteiger partial charge in [-0.2, -0.15) is 0 Å². The monoisotopic (exact) mass is 188 g/mol. The van der Waals surface area contributed by atoms with Crippen molar-refractivity contribution in [3.63, 3.8) is 0 Å². The van der Waals surface area contributed by atoms with Gasteiger partial charge in [0.15, 0.2) is 0 Å². The summed E-state index contributed by atoms with van der Waals surface area (Å²) in [6, 6.07) is 0. The first-order valence-corrected chi connectivity index (χ1v) is 3.49. The standard InChI is InChI=1S/C5H8.C3H5Br/c1-3-5-4-2;1-3(2)4/h3-5H,1H2,2H3;1H2,2H3/b5-4+;. The Kier molecular flexibility index (Phi) is 13.6. The van der Waals surface area contributed by atoms with Gasteiger partial charge >= 0.3 is 0 Å². The Hall–Kier alpha value is -0.300. The van der Waals surface area contributed by atoms with Crippen LogP contribution in [0, 0.1) is 0 Å². The molecule has 0 bridgehead atoms. The lowest BCUT2D eigenvalue weighted by Crippen LogP contribution is -1.33. The highest BCUT2D eigenvalue weighted by Gasteiger charge is 1.55. The average Bonchev–Trinajstić information content (AvgIpc) is 1.66. The summed E-state index contributed by atoms with van der Waals surface area (Å²) in [7, 11) is 0. The van der Waals surface area contributed by atoms with E-state index in [-0.39, 0.29) is 0 Å². The minimum atomic E-state index is 0.979. The van der Waals surface area contributed by atoms with Crippen molar-refractivity contribution in [2.75, 3.05) is 0 Å². The van der Waals surface area contributed by atoms with Crippen molar-refractivity contribution in [2.24, 2.45) is 0 Å². The second-order valence-corrected chi connectivity index (χ2v) is 2.79. The maximum Gasteiger partial charge on any atom is -0.0152 e. The number of hydrogen-bond acceptors (Lipinski definition) is 0. The van der Waals surface area contributed by atoms with E-state index in [0.717, 1.165) is 4.48 Å². The summed E-state index contributed by atoms with van der Waals surface area (Å²) in [5.74, 6) is 0. The molecule has 0 saturated heterocycles. The average molecular weight is 189 g/mol. The summed E-state index contributed by atoms with van der Waals surface area (Å²) in [6.45, 7) is 10.8. The van der Waals surface area contributed by atoms with Crippen LogP contribution < -0.4 is 0 Å². The minimum Gasteiger partial charge on any atom is -0.0991 e. The first-order chi connectivity index (χ1) is 4.15. The zero-order valence-corrected chi connectivity index (χ0v) is 7.61. The Balaban J connectivity index is 0. The minimum absolute atomic E-state index is 0.979. The Morgan fingerprint density at radius 3 is 1.89 bits per heavy atom. The van der Waals surface area contributed by atoms with Crippen LogP contribution in [0.1, 0.15) is 13.8 Å². The lowest BCUT2D eigenvalue weighted by Gasteiger charge is -1.61. The summed E-state index contributed by atoms with van der Waals surface area (Å²) in [4.78, 5) is 0. The van der Waals surface area contributed by atoms with Crippen LogP contribution in [0.15, 0.2) is 35.9 Å². The lowest BCUT2D eigenvalue weighted by atomic mass is 10.5. The molecular formula is C8H13Br. The maximum absolute atomic E-state index is 3.47. The van der Waals surface area contributed by atoms with Gasteiger partial charge in [0.1, 0.15) is 0 Å². The summed E-state index contributed by atoms with van der Waals surface area (Å²) >= 11 is 3.08. The third kappa shape index (κ3) is 86.6. The largest absolute Gasteiger partial charge is 0.0991 e. The molecule has 0 unspecified atom stereocenters. The van der Waals surface area contributed by atoms with Gasteiger partial charge in [-0.25, -0.2) is 0 Å². The van der Waals surface area contributed by atoms with Gasteiger partial charge in [0.2, 0.25) is 0 Å². The molecule has 0 fully saturated rings. The Labute approximate surface area is 66.1 Å². The Bertz CT molecular complexity index is 97.1. The first-order valence-electron chi connectivity index (χ1n) is 2.69. The highest BCUT2D eigenvalue weighted by atomic mass is 79.9. The van der Waals surface area contributed by atoms with E-state index in [2.05, 4.69) is 29.1 Å². The van der Waals surface area contributed by atoms with Crippen molar-refractivity contribution in [1.82, 2.24) is 0 Å². The van der Waals surface area contributed by atoms with Crippen LogP contribution >= 0.6 is 15.9 Å². The third-order valence-corrected chi connectivity index (χ3v) is 0.329. The van der Waals surface area contributed by atoms with Gasteiger partial charge in [0.25, 0.3) is 0 Å². The van der Waals surface area contributed by atoms with Crippen LogP contribution in [0.3, 0.4) is 0 Å². The smallest absolute Gasteiger partial charge is 0.0152 e. The molecule has 0 aromatic carbocycles. The van der Waals surface area contributed by atoms with Crippen LogP contribution in [0.2, 0.25) is 0 Å². The van der Waals surface area contributed by atoms with E-state index in [1.54, 1.807) is 6.08 Å². The van der Waals surface area contributed by atoms with E-state index in [0.29, 0.717) is 0 Å². The number of rotatable bonds is 1. The zero-order chi connectivity index (χ0) is 7.70. The predicted octanol–water partition coefficient (Wildman–Crippen LogP) is 3.66. The van der Waals surface area contributed by atoms with E-state index in [1.165, 1.54) is 0 Å². The molecule has 0 N–H and O–H groups in total. The van der Waals surface area contributed by atoms with Gasteiger partial charge in [-0.15, -0.1) is 0 Å². The lowest BCUT2D eigenvalue weighted by molar-refractivity contribution is 1.74. The molecular weight excluding hydrogens is 176 g/mol. The Morgan fingerprint density at radius 1 is 1.56 bits per heavy atom. The number of halogens is 1. The molecule has 9 heavy (non-hydrogen) atoms. The Morgan fingerprint density at radius 2 is 1.89 bits per heavy atom. The van der Waals surface area contributed by atoms with Crippen LogP contribution in [0.5, 0.6) is 0 Å². The summed E-state index contributed by atoms with van der Waals surface area (Å²) in [5, 5.41) is 0. The molecule has 52 valence electrons. The van der Waals surface area contributed by atoms with E-state index >= 15 is 0 Å². The molecule has 0 aliphatic rings. The molecule has 1 heteroatoms. The number of allylic oxidation sites excluding steroid dienone is 4. The second kappa shape index (κ2) is 10.6. The van der Waals surface area contributed by atoms with Crippen molar-refractivity contribution >= 4 is 15.9 Å². The normalized spacial score (nSPS) is 7.89. The molecule has 0 heterocycles. The van der Waals surface area contributed by atoms with E-state index < -0.39 is 0 Å². The van der Waals surface area contributed by atoms with Gasteiger partial charge in [-0.05, 0) is 18.3 Å². The van der Waals surface area contributed by atoms with Crippen molar-refractivity contribution in [2.45, 2.75) is 13.8 Å². The molecule has 0 spiro atoms. The first kappa shape index (κ1) is 11.5. The molecule has 0 nitrogen and oxygen atoms in total. The fourth-order valence-corrected chi connectivity index (χ4v) is 0.136. The van der Waals surface area contributed by atoms with Gasteiger partial charge in [0.05, 0.1) is 0 Å². The quantitative estimate of drug-likeness (QED) is 0.552. The van der Waals surface area contributed by atoms with E-state index in [4.69, 9.17) is 0 Å². The third-order valence-electron chi connectivity index (χ3n) is 0.329. The molecule has 0 amide bonds. The van der Waals surface area contributed by atoms with Crippen molar-refractivity contribution in [3.8, 4) is 0 Å². The van der Waals surface area contributed by atoms with Crippen LogP contribution in [0.4, 0.5) is 0 Å². The fourth-order valence-electron chi connectivity index (χ4n) is 0.136. The van der Waals surface area contributed by atoms with Crippen LogP contribution in [-0.2, 0) is 0 Å². The van der Waals surface area contributed by atoms with Crippen LogP contribution in [0.25, 0.3) is 0 Å². The number of hydrogen-bond donors (Lipinski definition) is 0. The van der Waals surface area contributed by atoms with E-state index in [9.17, 15) is 0 Å². The van der Waals surface area contributed by atoms with Crippen molar-refractivity contribution in [1.29, 1.82) is 0 Å². The molecule has 0 aliphatic carbocycles. The summed E-state index contributed by atoms with van der Waals surface area (Å²) < 4.78 is 0.979. The van der Waals surface area contributed by atoms with Gasteiger partial charge in [0, 0.05) is 0 Å². The highest BCUT2D eigenvalue weighted by molar-refractivity contribution is 9.11. The van der Waals surface area contributed by atoms with Crippen LogP contribution in [-0.4, -0.2) is 0 Å². The predicted molar refractivity (Wildman–Crippen MR) is 48.8 cm³/mol. The van der Waals surface area contributed by atoms with Gasteiger partial charge < -0.3 is 0 Å². The molecule has 0 aromatic rings. The van der Waals surface area contributed by atoms with Crippen molar-refractivity contribution in [3.05, 3.63) is 35.9 Å². The van der Waals surface area contributed by atoms with Crippen molar-refractivity contribution < 1.29 is 0 Å². The molecule has 0 radical (unpaired) electrons. The summed E-state index contributed by atoms with van der Waals surface area (Å²) in [5.41, 5.74) is 0. The summed E-state index contributed by atoms with van der Waals surface area (Å²) in [6.07, 6.45) is 5.58. The molecule has 0 aromatic heterocycles. The molecule has 0 atom stereocenters. The SMILES string of the molecule is C=C(C)Br.C=C/C=C/C. The maximum atomic E-state index is 3.47. The van der Waals surface area contributed by atoms with Gasteiger partial charge in [-0.1, -0.05) is 47.3 Å². The zero-order valence-electron chi connectivity index (χ0n) is 6.02. The highest BCUT2D eigenvalue weighted by Crippen LogP contribution is 1.93. The molecule has 0 saturated carbocycles. The van der Waals surface area contributed by atoms with E-state index in [1.807, 2.05) is 26.0 Å². The molecule has 0 rings (SSSR count). The molecule has 0 aliphatic heterocycles. The second-order valence-electron chi connectivity index (χ2n) is 1.44.